The second-order valence-electron chi connectivity index (χ2n) is 9.52. The molecule has 3 aliphatic rings. The molecule has 3 N–H and O–H groups in total. The zero-order chi connectivity index (χ0) is 23.0. The van der Waals surface area contributed by atoms with Crippen LogP contribution in [0.1, 0.15) is 52.7 Å². The summed E-state index contributed by atoms with van der Waals surface area (Å²) in [4.78, 5) is 40.7. The Labute approximate surface area is 193 Å². The van der Waals surface area contributed by atoms with Gasteiger partial charge in [-0.3, -0.25) is 24.6 Å². The van der Waals surface area contributed by atoms with E-state index in [0.717, 1.165) is 38.0 Å². The molecule has 33 heavy (non-hydrogen) atoms. The van der Waals surface area contributed by atoms with E-state index in [0.29, 0.717) is 25.1 Å². The van der Waals surface area contributed by atoms with E-state index >= 15 is 0 Å². The second kappa shape index (κ2) is 8.72. The van der Waals surface area contributed by atoms with Crippen LogP contribution in [-0.4, -0.2) is 53.2 Å². The maximum Gasteiger partial charge on any atom is 0.255 e. The molecule has 7 nitrogen and oxygen atoms in total. The van der Waals surface area contributed by atoms with Crippen molar-refractivity contribution in [2.24, 2.45) is 5.73 Å². The lowest BCUT2D eigenvalue weighted by Crippen LogP contribution is -2.52. The Morgan fingerprint density at radius 2 is 1.79 bits per heavy atom. The third kappa shape index (κ3) is 4.07. The van der Waals surface area contributed by atoms with Gasteiger partial charge in [0.2, 0.25) is 11.8 Å². The highest BCUT2D eigenvalue weighted by molar-refractivity contribution is 6.05. The number of nitrogens with zero attached hydrogens (tertiary/aromatic N) is 2. The molecule has 3 amide bonds. The summed E-state index contributed by atoms with van der Waals surface area (Å²) in [6.07, 6.45) is 2.71. The van der Waals surface area contributed by atoms with E-state index in [9.17, 15) is 14.4 Å². The minimum Gasteiger partial charge on any atom is -0.330 e. The third-order valence-corrected chi connectivity index (χ3v) is 7.58. The van der Waals surface area contributed by atoms with Gasteiger partial charge in [-0.05, 0) is 55.1 Å². The molecule has 0 spiro atoms. The number of carbonyl (C=O) groups excluding carboxylic acids is 3. The fourth-order valence-electron chi connectivity index (χ4n) is 5.53. The topological polar surface area (TPSA) is 95.7 Å². The number of imide groups is 1. The first kappa shape index (κ1) is 21.8. The van der Waals surface area contributed by atoms with Crippen molar-refractivity contribution >= 4 is 17.7 Å². The lowest BCUT2D eigenvalue weighted by Gasteiger charge is -2.41. The fraction of sp³-hybridized carbons (Fsp3) is 0.423. The molecule has 0 aliphatic carbocycles. The molecule has 2 aromatic carbocycles. The van der Waals surface area contributed by atoms with E-state index in [1.165, 1.54) is 11.1 Å². The zero-order valence-corrected chi connectivity index (χ0v) is 18.8. The molecular formula is C26H30N4O3. The van der Waals surface area contributed by atoms with Gasteiger partial charge in [-0.15, -0.1) is 0 Å². The summed E-state index contributed by atoms with van der Waals surface area (Å²) < 4.78 is 0. The van der Waals surface area contributed by atoms with Gasteiger partial charge in [0, 0.05) is 37.0 Å². The van der Waals surface area contributed by atoms with Crippen LogP contribution in [0, 0.1) is 0 Å². The van der Waals surface area contributed by atoms with Crippen molar-refractivity contribution in [3.05, 3.63) is 70.8 Å². The van der Waals surface area contributed by atoms with E-state index in [2.05, 4.69) is 40.5 Å². The fourth-order valence-corrected chi connectivity index (χ4v) is 5.53. The van der Waals surface area contributed by atoms with Crippen LogP contribution in [-0.2, 0) is 28.1 Å². The SMILES string of the molecule is NCC1(c2ccccc2)CCN(Cc2ccc3c(c2)CN(C2CCC(=O)NC2=O)C3=O)CC1. The molecule has 2 fully saturated rings. The summed E-state index contributed by atoms with van der Waals surface area (Å²) in [7, 11) is 0. The highest BCUT2D eigenvalue weighted by Crippen LogP contribution is 2.35. The van der Waals surface area contributed by atoms with Crippen molar-refractivity contribution in [3.8, 4) is 0 Å². The van der Waals surface area contributed by atoms with Crippen molar-refractivity contribution in [2.75, 3.05) is 19.6 Å². The molecule has 3 aliphatic heterocycles. The summed E-state index contributed by atoms with van der Waals surface area (Å²) in [6.45, 7) is 3.85. The molecule has 0 bridgehead atoms. The smallest absolute Gasteiger partial charge is 0.255 e. The van der Waals surface area contributed by atoms with Gasteiger partial charge in [-0.25, -0.2) is 0 Å². The van der Waals surface area contributed by atoms with E-state index in [4.69, 9.17) is 5.73 Å². The average molecular weight is 447 g/mol. The molecule has 172 valence electrons. The van der Waals surface area contributed by atoms with Crippen LogP contribution in [0.25, 0.3) is 0 Å². The molecule has 1 unspecified atom stereocenters. The number of nitrogens with two attached hydrogens (primary N) is 1. The van der Waals surface area contributed by atoms with E-state index in [1.54, 1.807) is 4.90 Å². The highest BCUT2D eigenvalue weighted by Gasteiger charge is 2.39. The number of hydrogen-bond acceptors (Lipinski definition) is 5. The molecule has 2 aromatic rings. The average Bonchev–Trinajstić information content (AvgIpc) is 3.16. The molecule has 0 aromatic heterocycles. The van der Waals surface area contributed by atoms with Crippen molar-refractivity contribution < 1.29 is 14.4 Å². The van der Waals surface area contributed by atoms with Gasteiger partial charge in [-0.1, -0.05) is 42.5 Å². The third-order valence-electron chi connectivity index (χ3n) is 7.58. The predicted octanol–water partition coefficient (Wildman–Crippen LogP) is 1.94. The Kier molecular flexibility index (Phi) is 5.76. The quantitative estimate of drug-likeness (QED) is 0.685. The minimum atomic E-state index is -0.574. The Morgan fingerprint density at radius 1 is 1.03 bits per heavy atom. The van der Waals surface area contributed by atoms with Gasteiger partial charge in [0.1, 0.15) is 6.04 Å². The molecule has 1 atom stereocenters. The van der Waals surface area contributed by atoms with Gasteiger partial charge >= 0.3 is 0 Å². The Hall–Kier alpha value is -3.03. The minimum absolute atomic E-state index is 0.0462. The van der Waals surface area contributed by atoms with Crippen LogP contribution in [0.4, 0.5) is 0 Å². The second-order valence-corrected chi connectivity index (χ2v) is 9.52. The van der Waals surface area contributed by atoms with E-state index in [-0.39, 0.29) is 29.6 Å². The van der Waals surface area contributed by atoms with Crippen molar-refractivity contribution in [2.45, 2.75) is 50.2 Å². The first-order valence-corrected chi connectivity index (χ1v) is 11.7. The molecule has 3 heterocycles. The Balaban J connectivity index is 1.24. The first-order chi connectivity index (χ1) is 16.0. The highest BCUT2D eigenvalue weighted by atomic mass is 16.2. The number of carbonyl (C=O) groups is 3. The lowest BCUT2D eigenvalue weighted by atomic mass is 9.73. The predicted molar refractivity (Wildman–Crippen MR) is 124 cm³/mol. The van der Waals surface area contributed by atoms with Crippen molar-refractivity contribution in [3.63, 3.8) is 0 Å². The summed E-state index contributed by atoms with van der Waals surface area (Å²) in [6, 6.07) is 16.0. The zero-order valence-electron chi connectivity index (χ0n) is 18.8. The number of benzene rings is 2. The molecule has 5 rings (SSSR count). The largest absolute Gasteiger partial charge is 0.330 e. The number of likely N-dealkylation sites (tertiary alicyclic amines) is 1. The normalized spacial score (nSPS) is 22.9. The molecule has 0 radical (unpaired) electrons. The van der Waals surface area contributed by atoms with Gasteiger partial charge < -0.3 is 10.6 Å². The van der Waals surface area contributed by atoms with E-state index < -0.39 is 6.04 Å². The standard InChI is InChI=1S/C26H30N4O3/c27-17-26(20-4-2-1-3-5-20)10-12-29(13-11-26)15-18-6-7-21-19(14-18)16-30(25(21)33)22-8-9-23(31)28-24(22)32/h1-7,14,22H,8-13,15-17,27H2,(H,28,31,32). The lowest BCUT2D eigenvalue weighted by molar-refractivity contribution is -0.136. The number of amides is 3. The number of rotatable bonds is 5. The molecular weight excluding hydrogens is 416 g/mol. The van der Waals surface area contributed by atoms with Gasteiger partial charge in [0.05, 0.1) is 0 Å². The number of piperidine rings is 2. The van der Waals surface area contributed by atoms with Crippen molar-refractivity contribution in [1.82, 2.24) is 15.1 Å². The Morgan fingerprint density at radius 3 is 2.48 bits per heavy atom. The number of hydrogen-bond donors (Lipinski definition) is 2. The van der Waals surface area contributed by atoms with Crippen LogP contribution in [0.2, 0.25) is 0 Å². The van der Waals surface area contributed by atoms with E-state index in [1.807, 2.05) is 18.2 Å². The first-order valence-electron chi connectivity index (χ1n) is 11.7. The summed E-state index contributed by atoms with van der Waals surface area (Å²) in [5.74, 6) is -0.766. The van der Waals surface area contributed by atoms with Crippen LogP contribution >= 0.6 is 0 Å². The number of nitrogens with one attached hydrogen (secondary N) is 1. The van der Waals surface area contributed by atoms with Crippen LogP contribution < -0.4 is 11.1 Å². The van der Waals surface area contributed by atoms with Gasteiger partial charge in [-0.2, -0.15) is 0 Å². The van der Waals surface area contributed by atoms with Crippen LogP contribution in [0.15, 0.2) is 48.5 Å². The maximum absolute atomic E-state index is 12.9. The van der Waals surface area contributed by atoms with Gasteiger partial charge in [0.25, 0.3) is 5.91 Å². The Bertz CT molecular complexity index is 1080. The van der Waals surface area contributed by atoms with Gasteiger partial charge in [0.15, 0.2) is 0 Å². The molecule has 2 saturated heterocycles. The molecule has 0 saturated carbocycles. The summed E-state index contributed by atoms with van der Waals surface area (Å²) in [5, 5.41) is 2.35. The maximum atomic E-state index is 12.9. The monoisotopic (exact) mass is 446 g/mol. The van der Waals surface area contributed by atoms with Crippen LogP contribution in [0.3, 0.4) is 0 Å². The molecule has 7 heteroatoms. The summed E-state index contributed by atoms with van der Waals surface area (Å²) in [5.41, 5.74) is 10.4. The summed E-state index contributed by atoms with van der Waals surface area (Å²) >= 11 is 0. The van der Waals surface area contributed by atoms with Crippen LogP contribution in [0.5, 0.6) is 0 Å². The number of fused-ring (bicyclic) bond motifs is 1. The van der Waals surface area contributed by atoms with Crippen molar-refractivity contribution in [1.29, 1.82) is 0 Å².